The molecule has 1 aromatic heterocycles. The number of amides is 1. The zero-order valence-corrected chi connectivity index (χ0v) is 20.9. The first kappa shape index (κ1) is 24.7. The standard InChI is InChI=1S/C23H27Cl2N3O3S/c1-5-27(6-2)10-7-11-28-19(16-9-8-15(24)12-17(16)25)18(21(30)23(28)31)20(29)22-13(3)26-14(4)32-22/h8-9,12,19,30H,5-7,10-11H2,1-4H3. The Balaban J connectivity index is 2.02. The van der Waals surface area contributed by atoms with Crippen LogP contribution in [0.4, 0.5) is 0 Å². The minimum Gasteiger partial charge on any atom is -0.503 e. The Morgan fingerprint density at radius 2 is 1.94 bits per heavy atom. The molecule has 0 saturated carbocycles. The number of aliphatic hydroxyl groups is 1. The van der Waals surface area contributed by atoms with Crippen molar-refractivity contribution in [3.8, 4) is 0 Å². The topological polar surface area (TPSA) is 73.7 Å². The van der Waals surface area contributed by atoms with Crippen molar-refractivity contribution < 1.29 is 14.7 Å². The number of ketones is 1. The van der Waals surface area contributed by atoms with Crippen LogP contribution in [0.3, 0.4) is 0 Å². The van der Waals surface area contributed by atoms with E-state index >= 15 is 0 Å². The summed E-state index contributed by atoms with van der Waals surface area (Å²) >= 11 is 13.8. The smallest absolute Gasteiger partial charge is 0.290 e. The number of thiazole rings is 1. The van der Waals surface area contributed by atoms with Crippen LogP contribution in [0.25, 0.3) is 0 Å². The van der Waals surface area contributed by atoms with Crippen LogP contribution in [0.15, 0.2) is 29.5 Å². The van der Waals surface area contributed by atoms with Crippen LogP contribution in [0.1, 0.15) is 52.2 Å². The fourth-order valence-corrected chi connectivity index (χ4v) is 5.42. The number of Topliss-reactive ketones (excluding diaryl/α,β-unsaturated/α-hetero) is 1. The van der Waals surface area contributed by atoms with Crippen molar-refractivity contribution in [3.05, 3.63) is 60.7 Å². The van der Waals surface area contributed by atoms with Gasteiger partial charge in [0.25, 0.3) is 5.91 Å². The molecule has 0 spiro atoms. The molecular weight excluding hydrogens is 469 g/mol. The summed E-state index contributed by atoms with van der Waals surface area (Å²) in [5.74, 6) is -1.50. The summed E-state index contributed by atoms with van der Waals surface area (Å²) in [7, 11) is 0. The number of aromatic nitrogens is 1. The lowest BCUT2D eigenvalue weighted by Crippen LogP contribution is -2.34. The van der Waals surface area contributed by atoms with Crippen LogP contribution in [-0.4, -0.2) is 57.8 Å². The maximum absolute atomic E-state index is 13.5. The molecular formula is C23H27Cl2N3O3S. The van der Waals surface area contributed by atoms with Gasteiger partial charge in [-0.1, -0.05) is 43.1 Å². The van der Waals surface area contributed by atoms with Crippen LogP contribution in [-0.2, 0) is 4.79 Å². The molecule has 1 aliphatic rings. The highest BCUT2D eigenvalue weighted by atomic mass is 35.5. The van der Waals surface area contributed by atoms with E-state index in [4.69, 9.17) is 23.2 Å². The number of nitrogens with zero attached hydrogens (tertiary/aromatic N) is 3. The number of hydrogen-bond donors (Lipinski definition) is 1. The van der Waals surface area contributed by atoms with Gasteiger partial charge in [0.1, 0.15) is 0 Å². The molecule has 1 N–H and O–H groups in total. The second kappa shape index (κ2) is 10.3. The highest BCUT2D eigenvalue weighted by molar-refractivity contribution is 7.14. The first-order chi connectivity index (χ1) is 15.2. The summed E-state index contributed by atoms with van der Waals surface area (Å²) in [5, 5.41) is 12.3. The third kappa shape index (κ3) is 4.86. The number of carbonyl (C=O) groups excluding carboxylic acids is 2. The maximum atomic E-state index is 13.5. The number of halogens is 2. The van der Waals surface area contributed by atoms with Crippen LogP contribution >= 0.6 is 34.5 Å². The van der Waals surface area contributed by atoms with Gasteiger partial charge in [-0.05, 0) is 57.6 Å². The van der Waals surface area contributed by atoms with Crippen molar-refractivity contribution in [1.82, 2.24) is 14.8 Å². The highest BCUT2D eigenvalue weighted by Gasteiger charge is 2.45. The van der Waals surface area contributed by atoms with E-state index in [-0.39, 0.29) is 5.57 Å². The first-order valence-electron chi connectivity index (χ1n) is 10.6. The van der Waals surface area contributed by atoms with E-state index in [1.807, 2.05) is 6.92 Å². The largest absolute Gasteiger partial charge is 0.503 e. The van der Waals surface area contributed by atoms with E-state index in [2.05, 4.69) is 23.7 Å². The van der Waals surface area contributed by atoms with Crippen LogP contribution in [0.5, 0.6) is 0 Å². The molecule has 9 heteroatoms. The zero-order chi connectivity index (χ0) is 23.6. The molecule has 0 saturated heterocycles. The Labute approximate surface area is 202 Å². The molecule has 172 valence electrons. The highest BCUT2D eigenvalue weighted by Crippen LogP contribution is 2.43. The van der Waals surface area contributed by atoms with Gasteiger partial charge in [0.15, 0.2) is 5.76 Å². The summed E-state index contributed by atoms with van der Waals surface area (Å²) < 4.78 is 0. The van der Waals surface area contributed by atoms with Gasteiger partial charge in [-0.25, -0.2) is 4.98 Å². The predicted octanol–water partition coefficient (Wildman–Crippen LogP) is 5.38. The fourth-order valence-electron chi connectivity index (χ4n) is 4.03. The summed E-state index contributed by atoms with van der Waals surface area (Å²) in [6.45, 7) is 10.7. The van der Waals surface area contributed by atoms with Gasteiger partial charge >= 0.3 is 0 Å². The fraction of sp³-hybridized carbons (Fsp3) is 0.435. The van der Waals surface area contributed by atoms with Crippen molar-refractivity contribution in [2.45, 2.75) is 40.2 Å². The molecule has 1 atom stereocenters. The summed E-state index contributed by atoms with van der Waals surface area (Å²) in [6.07, 6.45) is 0.697. The van der Waals surface area contributed by atoms with Gasteiger partial charge in [-0.15, -0.1) is 11.3 Å². The Bertz CT molecular complexity index is 1060. The quantitative estimate of drug-likeness (QED) is 0.472. The number of hydrogen-bond acceptors (Lipinski definition) is 6. The lowest BCUT2D eigenvalue weighted by Gasteiger charge is -2.28. The molecule has 1 aliphatic heterocycles. The van der Waals surface area contributed by atoms with E-state index < -0.39 is 23.5 Å². The summed E-state index contributed by atoms with van der Waals surface area (Å²) in [4.78, 5) is 35.1. The molecule has 0 aliphatic carbocycles. The molecule has 32 heavy (non-hydrogen) atoms. The van der Waals surface area contributed by atoms with Gasteiger partial charge in [0.2, 0.25) is 5.78 Å². The number of carbonyl (C=O) groups is 2. The second-order valence-corrected chi connectivity index (χ2v) is 9.73. The molecule has 1 unspecified atom stereocenters. The van der Waals surface area contributed by atoms with E-state index in [9.17, 15) is 14.7 Å². The number of aliphatic hydroxyl groups excluding tert-OH is 1. The Morgan fingerprint density at radius 1 is 1.25 bits per heavy atom. The molecule has 1 aromatic carbocycles. The molecule has 0 fully saturated rings. The van der Waals surface area contributed by atoms with Gasteiger partial charge in [0, 0.05) is 16.6 Å². The van der Waals surface area contributed by atoms with E-state index in [0.29, 0.717) is 39.1 Å². The van der Waals surface area contributed by atoms with Crippen molar-refractivity contribution >= 4 is 46.2 Å². The Morgan fingerprint density at radius 3 is 2.50 bits per heavy atom. The minimum atomic E-state index is -0.793. The van der Waals surface area contributed by atoms with Gasteiger partial charge < -0.3 is 14.9 Å². The maximum Gasteiger partial charge on any atom is 0.290 e. The van der Waals surface area contributed by atoms with Crippen LogP contribution in [0, 0.1) is 13.8 Å². The third-order valence-corrected chi connectivity index (χ3v) is 7.32. The molecule has 0 bridgehead atoms. The zero-order valence-electron chi connectivity index (χ0n) is 18.6. The second-order valence-electron chi connectivity index (χ2n) is 7.69. The van der Waals surface area contributed by atoms with Crippen molar-refractivity contribution in [2.24, 2.45) is 0 Å². The summed E-state index contributed by atoms with van der Waals surface area (Å²) in [6, 6.07) is 4.16. The lowest BCUT2D eigenvalue weighted by molar-refractivity contribution is -0.129. The van der Waals surface area contributed by atoms with Crippen molar-refractivity contribution in [3.63, 3.8) is 0 Å². The SMILES string of the molecule is CCN(CC)CCCN1C(=O)C(O)=C(C(=O)c2sc(C)nc2C)C1c1ccc(Cl)cc1Cl. The number of aryl methyl sites for hydroxylation is 2. The molecule has 2 aromatic rings. The Hall–Kier alpha value is -1.93. The number of benzene rings is 1. The van der Waals surface area contributed by atoms with Crippen molar-refractivity contribution in [2.75, 3.05) is 26.2 Å². The van der Waals surface area contributed by atoms with Crippen molar-refractivity contribution in [1.29, 1.82) is 0 Å². The number of rotatable bonds is 9. The van der Waals surface area contributed by atoms with E-state index in [1.165, 1.54) is 16.2 Å². The molecule has 6 nitrogen and oxygen atoms in total. The third-order valence-electron chi connectivity index (χ3n) is 5.68. The lowest BCUT2D eigenvalue weighted by atomic mass is 9.95. The van der Waals surface area contributed by atoms with E-state index in [0.717, 1.165) is 24.6 Å². The predicted molar refractivity (Wildman–Crippen MR) is 129 cm³/mol. The van der Waals surface area contributed by atoms with Crippen LogP contribution in [0.2, 0.25) is 10.0 Å². The molecule has 2 heterocycles. The average Bonchev–Trinajstić information content (AvgIpc) is 3.21. The normalized spacial score (nSPS) is 16.5. The molecule has 0 radical (unpaired) electrons. The van der Waals surface area contributed by atoms with E-state index in [1.54, 1.807) is 25.1 Å². The average molecular weight is 496 g/mol. The molecule has 3 rings (SSSR count). The first-order valence-corrected chi connectivity index (χ1v) is 12.2. The van der Waals surface area contributed by atoms with Gasteiger partial charge in [-0.2, -0.15) is 0 Å². The van der Waals surface area contributed by atoms with Crippen LogP contribution < -0.4 is 0 Å². The monoisotopic (exact) mass is 495 g/mol. The van der Waals surface area contributed by atoms with Gasteiger partial charge in [0.05, 0.1) is 27.2 Å². The Kier molecular flexibility index (Phi) is 7.98. The molecule has 1 amide bonds. The van der Waals surface area contributed by atoms with Gasteiger partial charge in [-0.3, -0.25) is 9.59 Å². The minimum absolute atomic E-state index is 0.0359. The summed E-state index contributed by atoms with van der Waals surface area (Å²) in [5.41, 5.74) is 1.17.